The van der Waals surface area contributed by atoms with Crippen molar-refractivity contribution in [2.45, 2.75) is 67.6 Å². The predicted molar refractivity (Wildman–Crippen MR) is 126 cm³/mol. The summed E-state index contributed by atoms with van der Waals surface area (Å²) in [4.78, 5) is 13.6. The standard InChI is InChI=1S/C25H28N4O3S/c30-24(25(16-6-7-17-25)33(31,32)21-9-3-1-4-10-21)26-20-14-12-19(13-15-20)23-28-27-22-11-5-2-8-18-29(22)23/h1,3-4,9-10,12-15H,2,5-8,11,16-18H2,(H,26,30). The molecule has 0 atom stereocenters. The predicted octanol–water partition coefficient (Wildman–Crippen LogP) is 4.40. The molecule has 5 rings (SSSR count). The number of anilines is 1. The number of sulfone groups is 1. The number of carbonyl (C=O) groups excluding carboxylic acids is 1. The number of nitrogens with one attached hydrogen (secondary N) is 1. The molecule has 0 unspecified atom stereocenters. The van der Waals surface area contributed by atoms with Crippen molar-refractivity contribution in [3.05, 3.63) is 60.4 Å². The van der Waals surface area contributed by atoms with E-state index < -0.39 is 20.5 Å². The average Bonchev–Trinajstić information content (AvgIpc) is 3.43. The number of nitrogens with zero attached hydrogens (tertiary/aromatic N) is 3. The second kappa shape index (κ2) is 8.74. The molecule has 7 nitrogen and oxygen atoms in total. The van der Waals surface area contributed by atoms with Gasteiger partial charge in [-0.25, -0.2) is 8.42 Å². The van der Waals surface area contributed by atoms with Gasteiger partial charge in [0.2, 0.25) is 5.91 Å². The van der Waals surface area contributed by atoms with Crippen molar-refractivity contribution in [2.75, 3.05) is 5.32 Å². The molecule has 1 fully saturated rings. The lowest BCUT2D eigenvalue weighted by atomic mass is 10.1. The van der Waals surface area contributed by atoms with Gasteiger partial charge in [-0.3, -0.25) is 4.79 Å². The lowest BCUT2D eigenvalue weighted by Gasteiger charge is -2.27. The molecule has 3 aromatic rings. The fraction of sp³-hybridized carbons (Fsp3) is 0.400. The van der Waals surface area contributed by atoms with E-state index in [0.29, 0.717) is 18.5 Å². The van der Waals surface area contributed by atoms with E-state index in [-0.39, 0.29) is 4.90 Å². The summed E-state index contributed by atoms with van der Waals surface area (Å²) in [5.74, 6) is 1.41. The zero-order chi connectivity index (χ0) is 22.9. The van der Waals surface area contributed by atoms with Crippen LogP contribution >= 0.6 is 0 Å². The molecule has 172 valence electrons. The largest absolute Gasteiger partial charge is 0.325 e. The van der Waals surface area contributed by atoms with E-state index >= 15 is 0 Å². The van der Waals surface area contributed by atoms with Crippen molar-refractivity contribution >= 4 is 21.4 Å². The van der Waals surface area contributed by atoms with Gasteiger partial charge in [0.15, 0.2) is 20.4 Å². The molecule has 8 heteroatoms. The molecule has 2 aromatic carbocycles. The first-order valence-electron chi connectivity index (χ1n) is 11.6. The van der Waals surface area contributed by atoms with Gasteiger partial charge in [-0.1, -0.05) is 37.5 Å². The summed E-state index contributed by atoms with van der Waals surface area (Å²) in [5, 5.41) is 11.6. The molecule has 0 saturated heterocycles. The Kier molecular flexibility index (Phi) is 5.78. The summed E-state index contributed by atoms with van der Waals surface area (Å²) < 4.78 is 27.7. The van der Waals surface area contributed by atoms with Gasteiger partial charge in [0.1, 0.15) is 5.82 Å². The van der Waals surface area contributed by atoms with Gasteiger partial charge in [0, 0.05) is 24.2 Å². The van der Waals surface area contributed by atoms with E-state index in [1.807, 2.05) is 24.3 Å². The van der Waals surface area contributed by atoms with Crippen LogP contribution in [-0.4, -0.2) is 33.8 Å². The zero-order valence-corrected chi connectivity index (χ0v) is 19.4. The van der Waals surface area contributed by atoms with Crippen LogP contribution in [-0.2, 0) is 27.6 Å². The number of aromatic nitrogens is 3. The van der Waals surface area contributed by atoms with Crippen LogP contribution in [0.5, 0.6) is 0 Å². The summed E-state index contributed by atoms with van der Waals surface area (Å²) >= 11 is 0. The van der Waals surface area contributed by atoms with Crippen LogP contribution in [0.15, 0.2) is 59.5 Å². The van der Waals surface area contributed by atoms with E-state index in [4.69, 9.17) is 0 Å². The number of fused-ring (bicyclic) bond motifs is 1. The SMILES string of the molecule is O=C(Nc1ccc(-c2nnc3n2CCCCC3)cc1)C1(S(=O)(=O)c2ccccc2)CCCC1. The van der Waals surface area contributed by atoms with Gasteiger partial charge < -0.3 is 9.88 Å². The Morgan fingerprint density at radius 1 is 0.879 bits per heavy atom. The van der Waals surface area contributed by atoms with Crippen LogP contribution in [0, 0.1) is 0 Å². The number of carbonyl (C=O) groups is 1. The van der Waals surface area contributed by atoms with Crippen LogP contribution in [0.2, 0.25) is 0 Å². The van der Waals surface area contributed by atoms with Crippen LogP contribution in [0.4, 0.5) is 5.69 Å². The summed E-state index contributed by atoms with van der Waals surface area (Å²) in [7, 11) is -3.81. The lowest BCUT2D eigenvalue weighted by Crippen LogP contribution is -2.47. The number of rotatable bonds is 5. The van der Waals surface area contributed by atoms with Gasteiger partial charge in [-0.15, -0.1) is 10.2 Å². The minimum absolute atomic E-state index is 0.199. The molecule has 0 spiro atoms. The second-order valence-electron chi connectivity index (χ2n) is 8.95. The number of aryl methyl sites for hydroxylation is 1. The quantitative estimate of drug-likeness (QED) is 0.604. The highest BCUT2D eigenvalue weighted by Crippen LogP contribution is 2.41. The van der Waals surface area contributed by atoms with Gasteiger partial charge in [0.05, 0.1) is 4.90 Å². The number of hydrogen-bond acceptors (Lipinski definition) is 5. The Bertz CT molecular complexity index is 1240. The highest BCUT2D eigenvalue weighted by atomic mass is 32.2. The Labute approximate surface area is 194 Å². The van der Waals surface area contributed by atoms with Crippen molar-refractivity contribution in [2.24, 2.45) is 0 Å². The summed E-state index contributed by atoms with van der Waals surface area (Å²) in [6.45, 7) is 0.913. The highest BCUT2D eigenvalue weighted by molar-refractivity contribution is 7.93. The summed E-state index contributed by atoms with van der Waals surface area (Å²) in [5.41, 5.74) is 1.51. The molecule has 1 aliphatic carbocycles. The van der Waals surface area contributed by atoms with Crippen molar-refractivity contribution in [1.29, 1.82) is 0 Å². The van der Waals surface area contributed by atoms with E-state index in [0.717, 1.165) is 55.9 Å². The average molecular weight is 465 g/mol. The molecular formula is C25H28N4O3S. The molecule has 1 aromatic heterocycles. The molecule has 1 N–H and O–H groups in total. The molecule has 1 aliphatic heterocycles. The molecule has 1 saturated carbocycles. The normalized spacial score (nSPS) is 17.8. The maximum absolute atomic E-state index is 13.5. The lowest BCUT2D eigenvalue weighted by molar-refractivity contribution is -0.118. The molecule has 33 heavy (non-hydrogen) atoms. The first-order valence-corrected chi connectivity index (χ1v) is 13.1. The van der Waals surface area contributed by atoms with E-state index in [2.05, 4.69) is 20.1 Å². The number of hydrogen-bond donors (Lipinski definition) is 1. The fourth-order valence-corrected chi connectivity index (χ4v) is 7.12. The van der Waals surface area contributed by atoms with Crippen molar-refractivity contribution in [3.63, 3.8) is 0 Å². The van der Waals surface area contributed by atoms with Gasteiger partial charge in [-0.05, 0) is 62.1 Å². The Morgan fingerprint density at radius 3 is 2.33 bits per heavy atom. The molecule has 0 bridgehead atoms. The third-order valence-corrected chi connectivity index (χ3v) is 9.42. The number of amides is 1. The zero-order valence-electron chi connectivity index (χ0n) is 18.5. The number of benzene rings is 2. The van der Waals surface area contributed by atoms with Crippen LogP contribution in [0.3, 0.4) is 0 Å². The van der Waals surface area contributed by atoms with Crippen LogP contribution in [0.1, 0.15) is 50.8 Å². The molecule has 1 amide bonds. The van der Waals surface area contributed by atoms with Crippen LogP contribution < -0.4 is 5.32 Å². The minimum Gasteiger partial charge on any atom is -0.325 e. The topological polar surface area (TPSA) is 93.9 Å². The minimum atomic E-state index is -3.81. The summed E-state index contributed by atoms with van der Waals surface area (Å²) in [6, 6.07) is 15.7. The van der Waals surface area contributed by atoms with Crippen molar-refractivity contribution in [1.82, 2.24) is 14.8 Å². The van der Waals surface area contributed by atoms with Gasteiger partial charge >= 0.3 is 0 Å². The Morgan fingerprint density at radius 2 is 1.61 bits per heavy atom. The second-order valence-corrected chi connectivity index (χ2v) is 11.2. The Hall–Kier alpha value is -3.00. The van der Waals surface area contributed by atoms with Gasteiger partial charge in [-0.2, -0.15) is 0 Å². The van der Waals surface area contributed by atoms with Crippen molar-refractivity contribution in [3.8, 4) is 11.4 Å². The fourth-order valence-electron chi connectivity index (χ4n) is 5.04. The smallest absolute Gasteiger partial charge is 0.246 e. The maximum Gasteiger partial charge on any atom is 0.246 e. The highest BCUT2D eigenvalue weighted by Gasteiger charge is 2.52. The molecule has 2 aliphatic rings. The Balaban J connectivity index is 1.39. The van der Waals surface area contributed by atoms with Gasteiger partial charge in [0.25, 0.3) is 0 Å². The monoisotopic (exact) mass is 464 g/mol. The van der Waals surface area contributed by atoms with E-state index in [1.54, 1.807) is 30.3 Å². The van der Waals surface area contributed by atoms with E-state index in [9.17, 15) is 13.2 Å². The van der Waals surface area contributed by atoms with E-state index in [1.165, 1.54) is 6.42 Å². The summed E-state index contributed by atoms with van der Waals surface area (Å²) in [6.07, 6.45) is 6.49. The first-order chi connectivity index (χ1) is 16.0. The molecule has 2 heterocycles. The van der Waals surface area contributed by atoms with Crippen LogP contribution in [0.25, 0.3) is 11.4 Å². The molecular weight excluding hydrogens is 436 g/mol. The maximum atomic E-state index is 13.5. The van der Waals surface area contributed by atoms with Crippen molar-refractivity contribution < 1.29 is 13.2 Å². The molecule has 0 radical (unpaired) electrons. The third kappa shape index (κ3) is 3.86. The first kappa shape index (κ1) is 21.8. The third-order valence-electron chi connectivity index (χ3n) is 6.90.